The summed E-state index contributed by atoms with van der Waals surface area (Å²) in [6, 6.07) is 10.5. The molecule has 0 spiro atoms. The van der Waals surface area contributed by atoms with Crippen LogP contribution in [0.15, 0.2) is 47.7 Å². The highest BCUT2D eigenvalue weighted by Gasteiger charge is 2.31. The highest BCUT2D eigenvalue weighted by Crippen LogP contribution is 2.30. The highest BCUT2D eigenvalue weighted by atomic mass is 16.5. The molecule has 1 atom stereocenters. The van der Waals surface area contributed by atoms with Crippen molar-refractivity contribution in [3.8, 4) is 11.5 Å². The minimum atomic E-state index is -0.302. The number of nitrogens with zero attached hydrogens (tertiary/aromatic N) is 5. The van der Waals surface area contributed by atoms with Gasteiger partial charge in [0.25, 0.3) is 0 Å². The number of carbonyl (C=O) groups excluding carboxylic acids is 2. The number of fused-ring (bicyclic) bond motifs is 1. The third-order valence-corrected chi connectivity index (χ3v) is 5.60. The van der Waals surface area contributed by atoms with E-state index in [-0.39, 0.29) is 29.7 Å². The third-order valence-electron chi connectivity index (χ3n) is 5.60. The van der Waals surface area contributed by atoms with Gasteiger partial charge in [0.1, 0.15) is 17.5 Å². The Labute approximate surface area is 190 Å². The quantitative estimate of drug-likeness (QED) is 0.575. The van der Waals surface area contributed by atoms with Gasteiger partial charge in [-0.2, -0.15) is 10.1 Å². The van der Waals surface area contributed by atoms with Crippen molar-refractivity contribution in [2.24, 2.45) is 11.0 Å². The molecule has 2 amide bonds. The van der Waals surface area contributed by atoms with Gasteiger partial charge in [-0.3, -0.25) is 19.9 Å². The van der Waals surface area contributed by atoms with Gasteiger partial charge < -0.3 is 10.1 Å². The molecule has 1 unspecified atom stereocenters. The molecule has 2 aromatic heterocycles. The van der Waals surface area contributed by atoms with Crippen molar-refractivity contribution in [1.82, 2.24) is 19.6 Å². The van der Waals surface area contributed by atoms with Crippen molar-refractivity contribution in [2.75, 3.05) is 17.2 Å². The van der Waals surface area contributed by atoms with Crippen molar-refractivity contribution in [3.63, 3.8) is 0 Å². The molecule has 2 aliphatic rings. The number of carbonyl (C=O) groups is 2. The number of aromatic nitrogens is 3. The Hall–Kier alpha value is -3.95. The molecule has 0 radical (unpaired) electrons. The van der Waals surface area contributed by atoms with E-state index in [2.05, 4.69) is 25.8 Å². The SMILES string of the molecule is CCN1N=C(C)CC1C(=O)Nc1cccc(Oc2ccc3nc(NC(=O)C4CC4)nn3c2)c1. The monoisotopic (exact) mass is 447 g/mol. The van der Waals surface area contributed by atoms with Gasteiger partial charge in [0.2, 0.25) is 17.8 Å². The molecule has 170 valence electrons. The van der Waals surface area contributed by atoms with Gasteiger partial charge in [0, 0.05) is 36.3 Å². The van der Waals surface area contributed by atoms with Crippen LogP contribution in [0.2, 0.25) is 0 Å². The molecular weight excluding hydrogens is 422 g/mol. The number of hydrogen-bond donors (Lipinski definition) is 2. The fourth-order valence-electron chi connectivity index (χ4n) is 3.77. The first-order valence-electron chi connectivity index (χ1n) is 11.1. The first kappa shape index (κ1) is 20.9. The lowest BCUT2D eigenvalue weighted by atomic mass is 10.1. The number of ether oxygens (including phenoxy) is 1. The van der Waals surface area contributed by atoms with Crippen LogP contribution in [-0.4, -0.2) is 49.7 Å². The number of hydrogen-bond acceptors (Lipinski definition) is 7. The Morgan fingerprint density at radius 2 is 1.97 bits per heavy atom. The second-order valence-electron chi connectivity index (χ2n) is 8.30. The van der Waals surface area contributed by atoms with Crippen molar-refractivity contribution in [2.45, 2.75) is 39.2 Å². The maximum atomic E-state index is 12.8. The summed E-state index contributed by atoms with van der Waals surface area (Å²) >= 11 is 0. The molecule has 1 aliphatic heterocycles. The molecule has 1 fully saturated rings. The average Bonchev–Trinajstić information content (AvgIpc) is 3.47. The summed E-state index contributed by atoms with van der Waals surface area (Å²) in [4.78, 5) is 29.0. The molecule has 0 bridgehead atoms. The molecule has 5 rings (SSSR count). The van der Waals surface area contributed by atoms with E-state index in [1.54, 1.807) is 33.9 Å². The van der Waals surface area contributed by atoms with E-state index in [4.69, 9.17) is 4.74 Å². The van der Waals surface area contributed by atoms with Gasteiger partial charge in [-0.15, -0.1) is 5.10 Å². The van der Waals surface area contributed by atoms with E-state index in [0.29, 0.717) is 35.8 Å². The molecule has 10 nitrogen and oxygen atoms in total. The molecular formula is C23H25N7O3. The number of benzene rings is 1. The van der Waals surface area contributed by atoms with Crippen LogP contribution >= 0.6 is 0 Å². The van der Waals surface area contributed by atoms with Gasteiger partial charge in [-0.25, -0.2) is 4.52 Å². The minimum absolute atomic E-state index is 0.0392. The normalized spacial score (nSPS) is 17.7. The standard InChI is InChI=1S/C23H25N7O3/c1-3-29-19(11-14(2)27-29)22(32)24-16-5-4-6-17(12-16)33-18-9-10-20-25-23(28-30(20)13-18)26-21(31)15-7-8-15/h4-6,9-10,12-13,15,19H,3,7-8,11H2,1-2H3,(H,24,32)(H,26,28,31). The third kappa shape index (κ3) is 4.64. The van der Waals surface area contributed by atoms with E-state index < -0.39 is 0 Å². The molecule has 1 aliphatic carbocycles. The van der Waals surface area contributed by atoms with Crippen molar-refractivity contribution in [3.05, 3.63) is 42.6 Å². The first-order chi connectivity index (χ1) is 16.0. The van der Waals surface area contributed by atoms with Crippen LogP contribution < -0.4 is 15.4 Å². The summed E-state index contributed by atoms with van der Waals surface area (Å²) < 4.78 is 7.53. The maximum absolute atomic E-state index is 12.8. The van der Waals surface area contributed by atoms with E-state index in [9.17, 15) is 9.59 Å². The average molecular weight is 447 g/mol. The summed E-state index contributed by atoms with van der Waals surface area (Å²) in [6.07, 6.45) is 4.15. The Kier molecular flexibility index (Phi) is 5.41. The number of nitrogens with one attached hydrogen (secondary N) is 2. The molecule has 33 heavy (non-hydrogen) atoms. The van der Waals surface area contributed by atoms with Crippen LogP contribution in [-0.2, 0) is 9.59 Å². The second kappa shape index (κ2) is 8.53. The molecule has 2 N–H and O–H groups in total. The lowest BCUT2D eigenvalue weighted by Crippen LogP contribution is -2.38. The molecule has 1 saturated carbocycles. The topological polar surface area (TPSA) is 113 Å². The number of hydrazone groups is 1. The molecule has 0 saturated heterocycles. The van der Waals surface area contributed by atoms with Crippen LogP contribution in [0.5, 0.6) is 11.5 Å². The van der Waals surface area contributed by atoms with E-state index >= 15 is 0 Å². The van der Waals surface area contributed by atoms with Gasteiger partial charge >= 0.3 is 0 Å². The van der Waals surface area contributed by atoms with Gasteiger partial charge in [-0.05, 0) is 51.0 Å². The first-order valence-corrected chi connectivity index (χ1v) is 11.1. The number of pyridine rings is 1. The number of amides is 2. The largest absolute Gasteiger partial charge is 0.456 e. The van der Waals surface area contributed by atoms with Crippen molar-refractivity contribution < 1.29 is 14.3 Å². The fourth-order valence-corrected chi connectivity index (χ4v) is 3.77. The van der Waals surface area contributed by atoms with Crippen LogP contribution in [0.1, 0.15) is 33.1 Å². The summed E-state index contributed by atoms with van der Waals surface area (Å²) in [5.74, 6) is 1.34. The molecule has 3 aromatic rings. The Bertz CT molecular complexity index is 1250. The Balaban J connectivity index is 1.26. The zero-order valence-electron chi connectivity index (χ0n) is 18.5. The Morgan fingerprint density at radius 3 is 2.76 bits per heavy atom. The van der Waals surface area contributed by atoms with Crippen molar-refractivity contribution >= 4 is 34.8 Å². The van der Waals surface area contributed by atoms with Crippen LogP contribution in [0, 0.1) is 5.92 Å². The zero-order valence-corrected chi connectivity index (χ0v) is 18.5. The number of rotatable bonds is 7. The fraction of sp³-hybridized carbons (Fsp3) is 0.348. The Morgan fingerprint density at radius 1 is 1.12 bits per heavy atom. The summed E-state index contributed by atoms with van der Waals surface area (Å²) in [7, 11) is 0. The van der Waals surface area contributed by atoms with Gasteiger partial charge in [0.05, 0.1) is 6.20 Å². The number of anilines is 2. The van der Waals surface area contributed by atoms with Crippen LogP contribution in [0.25, 0.3) is 5.65 Å². The van der Waals surface area contributed by atoms with E-state index in [0.717, 1.165) is 18.6 Å². The molecule has 10 heteroatoms. The van der Waals surface area contributed by atoms with Gasteiger partial charge in [-0.1, -0.05) is 6.07 Å². The van der Waals surface area contributed by atoms with Gasteiger partial charge in [0.15, 0.2) is 5.65 Å². The lowest BCUT2D eigenvalue weighted by molar-refractivity contribution is -0.120. The minimum Gasteiger partial charge on any atom is -0.456 e. The summed E-state index contributed by atoms with van der Waals surface area (Å²) in [5.41, 5.74) is 2.20. The summed E-state index contributed by atoms with van der Waals surface area (Å²) in [6.45, 7) is 4.59. The smallest absolute Gasteiger partial charge is 0.249 e. The maximum Gasteiger partial charge on any atom is 0.249 e. The predicted octanol–water partition coefficient (Wildman–Crippen LogP) is 3.28. The van der Waals surface area contributed by atoms with Crippen molar-refractivity contribution in [1.29, 1.82) is 0 Å². The summed E-state index contributed by atoms with van der Waals surface area (Å²) in [5, 5.41) is 16.2. The van der Waals surface area contributed by atoms with Crippen LogP contribution in [0.3, 0.4) is 0 Å². The van der Waals surface area contributed by atoms with E-state index in [1.165, 1.54) is 0 Å². The van der Waals surface area contributed by atoms with Crippen LogP contribution in [0.4, 0.5) is 11.6 Å². The molecule has 3 heterocycles. The zero-order chi connectivity index (χ0) is 22.9. The highest BCUT2D eigenvalue weighted by molar-refractivity contribution is 5.99. The second-order valence-corrected chi connectivity index (χ2v) is 8.30. The lowest BCUT2D eigenvalue weighted by Gasteiger charge is -2.21. The molecule has 1 aromatic carbocycles. The number of likely N-dealkylation sites (N-methyl/N-ethyl adjacent to an activating group) is 1. The van der Waals surface area contributed by atoms with E-state index in [1.807, 2.05) is 32.0 Å². The predicted molar refractivity (Wildman–Crippen MR) is 123 cm³/mol.